The predicted molar refractivity (Wildman–Crippen MR) is 110 cm³/mol. The zero-order valence-corrected chi connectivity index (χ0v) is 17.3. The van der Waals surface area contributed by atoms with Crippen LogP contribution in [0, 0.1) is 0 Å². The lowest BCUT2D eigenvalue weighted by Gasteiger charge is -2.42. The number of alkyl halides is 3. The monoisotopic (exact) mass is 463 g/mol. The molecule has 0 saturated heterocycles. The first-order chi connectivity index (χ1) is 15.3. The molecule has 0 bridgehead atoms. The quantitative estimate of drug-likeness (QED) is 0.612. The Morgan fingerprint density at radius 3 is 2.59 bits per heavy atom. The number of hydrogen-bond acceptors (Lipinski definition) is 6. The Balaban J connectivity index is 1.36. The molecule has 166 valence electrons. The van der Waals surface area contributed by atoms with Crippen molar-refractivity contribution >= 4 is 23.1 Å². The fraction of sp³-hybridized carbons (Fsp3) is 0.318. The summed E-state index contributed by atoms with van der Waals surface area (Å²) in [4.78, 5) is 1.68. The molecule has 4 aliphatic rings. The number of fused-ring (bicyclic) bond motifs is 5. The number of allylic oxidation sites excluding steroid dienone is 1. The summed E-state index contributed by atoms with van der Waals surface area (Å²) in [6.45, 7) is 0.441. The molecule has 0 amide bonds. The minimum atomic E-state index is -4.51. The highest BCUT2D eigenvalue weighted by atomic mass is 32.1. The summed E-state index contributed by atoms with van der Waals surface area (Å²) in [6, 6.07) is 11.1. The van der Waals surface area contributed by atoms with E-state index in [1.54, 1.807) is 11.0 Å². The highest BCUT2D eigenvalue weighted by Crippen LogP contribution is 2.53. The van der Waals surface area contributed by atoms with Crippen LogP contribution in [0.5, 0.6) is 17.2 Å². The molecule has 4 heterocycles. The molecule has 0 aromatic heterocycles. The van der Waals surface area contributed by atoms with Crippen molar-refractivity contribution in [1.29, 1.82) is 0 Å². The van der Waals surface area contributed by atoms with Gasteiger partial charge in [-0.05, 0) is 30.4 Å². The van der Waals surface area contributed by atoms with E-state index in [1.807, 2.05) is 30.3 Å². The van der Waals surface area contributed by atoms with Gasteiger partial charge in [-0.2, -0.15) is 13.2 Å². The SMILES string of the molecule is FC(F)(F)C1=CCC(CN2C(=S)OC3(COc4cc5c(cc43)OCO5)c3ccccc32)O1. The van der Waals surface area contributed by atoms with Gasteiger partial charge in [-0.1, -0.05) is 18.2 Å². The van der Waals surface area contributed by atoms with Crippen molar-refractivity contribution in [2.75, 3.05) is 24.8 Å². The van der Waals surface area contributed by atoms with E-state index in [0.717, 1.165) is 22.9 Å². The predicted octanol–water partition coefficient (Wildman–Crippen LogP) is 4.41. The van der Waals surface area contributed by atoms with E-state index in [0.29, 0.717) is 17.2 Å². The molecule has 32 heavy (non-hydrogen) atoms. The average Bonchev–Trinajstić information content (AvgIpc) is 3.49. The first kappa shape index (κ1) is 19.5. The Morgan fingerprint density at radius 1 is 1.03 bits per heavy atom. The Hall–Kier alpha value is -3.14. The fourth-order valence-corrected chi connectivity index (χ4v) is 4.83. The second kappa shape index (κ2) is 6.68. The van der Waals surface area contributed by atoms with Gasteiger partial charge in [0.05, 0.1) is 12.2 Å². The van der Waals surface area contributed by atoms with Gasteiger partial charge in [-0.3, -0.25) is 4.90 Å². The van der Waals surface area contributed by atoms with Gasteiger partial charge in [0, 0.05) is 23.6 Å². The van der Waals surface area contributed by atoms with Crippen LogP contribution in [-0.4, -0.2) is 37.4 Å². The van der Waals surface area contributed by atoms with Crippen LogP contribution >= 0.6 is 12.2 Å². The van der Waals surface area contributed by atoms with Gasteiger partial charge in [-0.15, -0.1) is 0 Å². The molecule has 6 rings (SSSR count). The normalized spacial score (nSPS) is 25.1. The number of halogens is 3. The highest BCUT2D eigenvalue weighted by molar-refractivity contribution is 7.80. The minimum Gasteiger partial charge on any atom is -0.488 e. The van der Waals surface area contributed by atoms with E-state index in [2.05, 4.69) is 0 Å². The van der Waals surface area contributed by atoms with Gasteiger partial charge in [-0.25, -0.2) is 0 Å². The third-order valence-corrected chi connectivity index (χ3v) is 6.28. The molecule has 2 aromatic carbocycles. The lowest BCUT2D eigenvalue weighted by atomic mass is 9.85. The molecule has 2 unspecified atom stereocenters. The van der Waals surface area contributed by atoms with Gasteiger partial charge in [0.15, 0.2) is 17.3 Å². The summed E-state index contributed by atoms with van der Waals surface area (Å²) in [7, 11) is 0. The van der Waals surface area contributed by atoms with E-state index in [4.69, 9.17) is 35.9 Å². The molecular weight excluding hydrogens is 447 g/mol. The first-order valence-corrected chi connectivity index (χ1v) is 10.4. The van der Waals surface area contributed by atoms with Crippen LogP contribution in [0.25, 0.3) is 0 Å². The van der Waals surface area contributed by atoms with E-state index >= 15 is 0 Å². The summed E-state index contributed by atoms with van der Waals surface area (Å²) < 4.78 is 67.3. The summed E-state index contributed by atoms with van der Waals surface area (Å²) in [5, 5.41) is 0.141. The van der Waals surface area contributed by atoms with Crippen molar-refractivity contribution in [2.45, 2.75) is 24.3 Å². The number of rotatable bonds is 2. The van der Waals surface area contributed by atoms with Crippen LogP contribution in [0.4, 0.5) is 18.9 Å². The lowest BCUT2D eigenvalue weighted by Crippen LogP contribution is -2.49. The molecule has 6 nitrogen and oxygen atoms in total. The van der Waals surface area contributed by atoms with Gasteiger partial charge < -0.3 is 23.7 Å². The first-order valence-electron chi connectivity index (χ1n) is 9.96. The highest BCUT2D eigenvalue weighted by Gasteiger charge is 2.52. The molecule has 0 N–H and O–H groups in total. The number of para-hydroxylation sites is 1. The maximum absolute atomic E-state index is 13.0. The molecular formula is C22H16F3NO5S. The van der Waals surface area contributed by atoms with Gasteiger partial charge in [0.1, 0.15) is 18.5 Å². The zero-order chi connectivity index (χ0) is 22.1. The van der Waals surface area contributed by atoms with E-state index in [9.17, 15) is 13.2 Å². The van der Waals surface area contributed by atoms with E-state index in [-0.39, 0.29) is 31.5 Å². The maximum Gasteiger partial charge on any atom is 0.448 e. The molecule has 0 saturated carbocycles. The van der Waals surface area contributed by atoms with Crippen LogP contribution in [0.1, 0.15) is 17.5 Å². The molecule has 1 spiro atoms. The average molecular weight is 463 g/mol. The van der Waals surface area contributed by atoms with Gasteiger partial charge >= 0.3 is 6.18 Å². The van der Waals surface area contributed by atoms with Crippen LogP contribution < -0.4 is 19.1 Å². The van der Waals surface area contributed by atoms with E-state index in [1.165, 1.54) is 0 Å². The summed E-state index contributed by atoms with van der Waals surface area (Å²) >= 11 is 5.58. The number of anilines is 1. The van der Waals surface area contributed by atoms with Crippen molar-refractivity contribution in [3.63, 3.8) is 0 Å². The molecule has 0 radical (unpaired) electrons. The Kier molecular flexibility index (Phi) is 4.08. The smallest absolute Gasteiger partial charge is 0.448 e. The summed E-state index contributed by atoms with van der Waals surface area (Å²) in [6.07, 6.45) is -4.00. The van der Waals surface area contributed by atoms with Crippen molar-refractivity contribution in [1.82, 2.24) is 0 Å². The second-order valence-corrected chi connectivity index (χ2v) is 8.20. The molecule has 0 aliphatic carbocycles. The van der Waals surface area contributed by atoms with Gasteiger partial charge in [0.25, 0.3) is 5.17 Å². The van der Waals surface area contributed by atoms with Crippen LogP contribution in [0.3, 0.4) is 0 Å². The minimum absolute atomic E-state index is 0.122. The van der Waals surface area contributed by atoms with Gasteiger partial charge in [0.2, 0.25) is 12.4 Å². The third-order valence-electron chi connectivity index (χ3n) is 5.98. The topological polar surface area (TPSA) is 49.4 Å². The Labute approximate surface area is 186 Å². The standard InChI is InChI=1S/C22H16F3NO5S/c23-22(24,25)19-6-5-12(30-19)9-26-15-4-2-1-3-13(15)21(31-20(26)32)10-27-16-8-18-17(7-14(16)21)28-11-29-18/h1-4,6-8,12H,5,9-11H2. The molecule has 10 heteroatoms. The molecule has 0 fully saturated rings. The number of ether oxygens (including phenoxy) is 5. The second-order valence-electron chi connectivity index (χ2n) is 7.85. The Morgan fingerprint density at radius 2 is 1.81 bits per heavy atom. The van der Waals surface area contributed by atoms with Crippen molar-refractivity contribution in [3.8, 4) is 17.2 Å². The molecule has 2 atom stereocenters. The number of thiocarbonyl (C=S) groups is 1. The van der Waals surface area contributed by atoms with Crippen LogP contribution in [0.2, 0.25) is 0 Å². The Bertz CT molecular complexity index is 1170. The third kappa shape index (κ3) is 2.82. The molecule has 4 aliphatic heterocycles. The van der Waals surface area contributed by atoms with Crippen LogP contribution in [0.15, 0.2) is 48.2 Å². The van der Waals surface area contributed by atoms with E-state index < -0.39 is 23.6 Å². The molecule has 2 aromatic rings. The van der Waals surface area contributed by atoms with Crippen molar-refractivity contribution in [2.24, 2.45) is 0 Å². The lowest BCUT2D eigenvalue weighted by molar-refractivity contribution is -0.133. The maximum atomic E-state index is 13.0. The zero-order valence-electron chi connectivity index (χ0n) is 16.5. The summed E-state index contributed by atoms with van der Waals surface area (Å²) in [5.74, 6) is 0.831. The fourth-order valence-electron chi connectivity index (χ4n) is 4.52. The van der Waals surface area contributed by atoms with Crippen LogP contribution in [-0.2, 0) is 15.1 Å². The van der Waals surface area contributed by atoms with Crippen molar-refractivity contribution in [3.05, 3.63) is 59.4 Å². The number of nitrogens with zero attached hydrogens (tertiary/aromatic N) is 1. The number of hydrogen-bond donors (Lipinski definition) is 0. The number of benzene rings is 2. The van der Waals surface area contributed by atoms with Crippen molar-refractivity contribution < 1.29 is 36.9 Å². The summed E-state index contributed by atoms with van der Waals surface area (Å²) in [5.41, 5.74) is 1.30. The largest absolute Gasteiger partial charge is 0.488 e.